The van der Waals surface area contributed by atoms with Gasteiger partial charge in [-0.3, -0.25) is 4.79 Å². The minimum absolute atomic E-state index is 0.300. The van der Waals surface area contributed by atoms with Crippen molar-refractivity contribution in [1.29, 1.82) is 0 Å². The molecule has 0 unspecified atom stereocenters. The fourth-order valence-corrected chi connectivity index (χ4v) is 2.01. The van der Waals surface area contributed by atoms with Gasteiger partial charge in [0.05, 0.1) is 10.7 Å². The number of carbonyl (C=O) groups is 1. The summed E-state index contributed by atoms with van der Waals surface area (Å²) in [6.07, 6.45) is -21.0. The number of anilines is 1. The zero-order chi connectivity index (χ0) is 19.1. The van der Waals surface area contributed by atoms with Crippen molar-refractivity contribution >= 4 is 34.8 Å². The maximum atomic E-state index is 12.7. The smallest absolute Gasteiger partial charge is 0.323 e. The molecule has 1 rings (SSSR count). The highest BCUT2D eigenvalue weighted by molar-refractivity contribution is 6.35. The van der Waals surface area contributed by atoms with Crippen molar-refractivity contribution < 1.29 is 44.3 Å². The summed E-state index contributed by atoms with van der Waals surface area (Å²) in [5, 5.41) is -0.0209. The molecule has 1 aromatic rings. The van der Waals surface area contributed by atoms with Gasteiger partial charge < -0.3 is 5.32 Å². The minimum atomic E-state index is -7.02. The molecule has 0 aliphatic carbocycles. The standard InChI is InChI=1S/C11H4Cl2F9NO/c12-4-1-2-5(13)6(3-4)23-7(24)8(9(14,15)16,10(17,18)19)11(20,21)22/h1-3H,(H,23,24). The van der Waals surface area contributed by atoms with Crippen LogP contribution in [0.15, 0.2) is 18.2 Å². The van der Waals surface area contributed by atoms with Gasteiger partial charge in [-0.05, 0) is 18.2 Å². The molecule has 136 valence electrons. The lowest BCUT2D eigenvalue weighted by Crippen LogP contribution is -2.65. The predicted molar refractivity (Wildman–Crippen MR) is 65.7 cm³/mol. The lowest BCUT2D eigenvalue weighted by atomic mass is 9.84. The Bertz CT molecular complexity index is 600. The molecule has 0 heterocycles. The number of hydrogen-bond donors (Lipinski definition) is 1. The third-order valence-corrected chi connectivity index (χ3v) is 3.36. The normalized spacial score (nSPS) is 13.8. The van der Waals surface area contributed by atoms with Gasteiger partial charge >= 0.3 is 23.9 Å². The Labute approximate surface area is 137 Å². The number of benzene rings is 1. The Morgan fingerprint density at radius 2 is 1.25 bits per heavy atom. The largest absolute Gasteiger partial charge is 0.421 e. The Hall–Kier alpha value is -1.36. The van der Waals surface area contributed by atoms with E-state index in [0.29, 0.717) is 6.07 Å². The monoisotopic (exact) mass is 407 g/mol. The first-order valence-corrected chi connectivity index (χ1v) is 6.28. The summed E-state index contributed by atoms with van der Waals surface area (Å²) in [6, 6.07) is 2.50. The zero-order valence-corrected chi connectivity index (χ0v) is 12.3. The van der Waals surface area contributed by atoms with Crippen LogP contribution in [0.25, 0.3) is 0 Å². The fraction of sp³-hybridized carbons (Fsp3) is 0.364. The third-order valence-electron chi connectivity index (χ3n) is 2.79. The van der Waals surface area contributed by atoms with E-state index in [0.717, 1.165) is 17.4 Å². The molecule has 13 heteroatoms. The Kier molecular flexibility index (Phi) is 5.32. The molecule has 0 aliphatic rings. The average molecular weight is 408 g/mol. The van der Waals surface area contributed by atoms with E-state index in [1.165, 1.54) is 0 Å². The van der Waals surface area contributed by atoms with Crippen LogP contribution in [0.5, 0.6) is 0 Å². The molecule has 0 atom stereocenters. The fourth-order valence-electron chi connectivity index (χ4n) is 1.68. The molecule has 2 nitrogen and oxygen atoms in total. The van der Waals surface area contributed by atoms with Gasteiger partial charge in [-0.1, -0.05) is 23.2 Å². The molecule has 1 N–H and O–H groups in total. The number of rotatable bonds is 2. The first kappa shape index (κ1) is 20.7. The van der Waals surface area contributed by atoms with Crippen LogP contribution in [0.1, 0.15) is 0 Å². The van der Waals surface area contributed by atoms with Gasteiger partial charge in [-0.25, -0.2) is 0 Å². The molecule has 0 aromatic heterocycles. The van der Waals surface area contributed by atoms with Crippen molar-refractivity contribution in [2.45, 2.75) is 18.5 Å². The molecular formula is C11H4Cl2F9NO. The van der Waals surface area contributed by atoms with Crippen molar-refractivity contribution in [2.24, 2.45) is 5.41 Å². The van der Waals surface area contributed by atoms with Crippen molar-refractivity contribution in [2.75, 3.05) is 5.32 Å². The van der Waals surface area contributed by atoms with Crippen LogP contribution in [0.2, 0.25) is 10.0 Å². The Balaban J connectivity index is 3.56. The molecule has 1 amide bonds. The Morgan fingerprint density at radius 1 is 0.833 bits per heavy atom. The quantitative estimate of drug-likeness (QED) is 0.634. The second-order valence-electron chi connectivity index (χ2n) is 4.32. The maximum absolute atomic E-state index is 12.7. The second-order valence-corrected chi connectivity index (χ2v) is 5.17. The molecule has 1 aromatic carbocycles. The van der Waals surface area contributed by atoms with Gasteiger partial charge in [0.1, 0.15) is 0 Å². The van der Waals surface area contributed by atoms with Crippen molar-refractivity contribution in [3.63, 3.8) is 0 Å². The van der Waals surface area contributed by atoms with Crippen LogP contribution >= 0.6 is 23.2 Å². The van der Waals surface area contributed by atoms with Gasteiger partial charge in [0.2, 0.25) is 0 Å². The van der Waals surface area contributed by atoms with Crippen LogP contribution in [0, 0.1) is 5.41 Å². The predicted octanol–water partition coefficient (Wildman–Crippen LogP) is 5.61. The number of amides is 1. The topological polar surface area (TPSA) is 29.1 Å². The van der Waals surface area contributed by atoms with E-state index in [-0.39, 0.29) is 5.02 Å². The molecule has 0 saturated heterocycles. The summed E-state index contributed by atoms with van der Waals surface area (Å²) < 4.78 is 115. The van der Waals surface area contributed by atoms with Gasteiger partial charge in [0.25, 0.3) is 5.91 Å². The van der Waals surface area contributed by atoms with Gasteiger partial charge in [-0.2, -0.15) is 39.5 Å². The summed E-state index contributed by atoms with van der Waals surface area (Å²) in [5.41, 5.74) is -7.59. The lowest BCUT2D eigenvalue weighted by molar-refractivity contribution is -0.405. The number of hydrogen-bond acceptors (Lipinski definition) is 1. The van der Waals surface area contributed by atoms with Crippen LogP contribution in [0.4, 0.5) is 45.2 Å². The van der Waals surface area contributed by atoms with Crippen molar-refractivity contribution in [3.8, 4) is 0 Å². The molecule has 0 bridgehead atoms. The van der Waals surface area contributed by atoms with E-state index in [1.54, 1.807) is 0 Å². The minimum Gasteiger partial charge on any atom is -0.323 e. The van der Waals surface area contributed by atoms with Crippen molar-refractivity contribution in [3.05, 3.63) is 28.2 Å². The summed E-state index contributed by atoms with van der Waals surface area (Å²) in [4.78, 5) is 11.5. The van der Waals surface area contributed by atoms with E-state index in [2.05, 4.69) is 0 Å². The molecule has 0 spiro atoms. The van der Waals surface area contributed by atoms with E-state index >= 15 is 0 Å². The highest BCUT2D eigenvalue weighted by Crippen LogP contribution is 2.59. The number of halogens is 11. The van der Waals surface area contributed by atoms with Gasteiger partial charge in [0, 0.05) is 5.02 Å². The number of nitrogens with one attached hydrogen (secondary N) is 1. The van der Waals surface area contributed by atoms with Crippen LogP contribution in [-0.2, 0) is 4.79 Å². The van der Waals surface area contributed by atoms with E-state index in [1.807, 2.05) is 0 Å². The third kappa shape index (κ3) is 3.37. The molecular weight excluding hydrogens is 404 g/mol. The van der Waals surface area contributed by atoms with E-state index in [4.69, 9.17) is 23.2 Å². The molecule has 0 saturated carbocycles. The average Bonchev–Trinajstić information content (AvgIpc) is 2.28. The lowest BCUT2D eigenvalue weighted by Gasteiger charge is -2.36. The summed E-state index contributed by atoms with van der Waals surface area (Å²) in [7, 11) is 0. The second kappa shape index (κ2) is 6.17. The molecule has 0 fully saturated rings. The summed E-state index contributed by atoms with van der Waals surface area (Å²) in [5.74, 6) is -3.40. The molecule has 24 heavy (non-hydrogen) atoms. The molecule has 0 radical (unpaired) electrons. The van der Waals surface area contributed by atoms with Crippen LogP contribution in [-0.4, -0.2) is 24.4 Å². The SMILES string of the molecule is O=C(Nc1cc(Cl)ccc1Cl)C(C(F)(F)F)(C(F)(F)F)C(F)(F)F. The van der Waals surface area contributed by atoms with Crippen LogP contribution < -0.4 is 5.32 Å². The van der Waals surface area contributed by atoms with Crippen molar-refractivity contribution in [1.82, 2.24) is 0 Å². The number of alkyl halides is 9. The van der Waals surface area contributed by atoms with E-state index < -0.39 is 40.6 Å². The first-order valence-electron chi connectivity index (χ1n) is 5.52. The maximum Gasteiger partial charge on any atom is 0.421 e. The first-order chi connectivity index (χ1) is 10.6. The van der Waals surface area contributed by atoms with Gasteiger partial charge in [-0.15, -0.1) is 0 Å². The summed E-state index contributed by atoms with van der Waals surface area (Å²) in [6.45, 7) is 0. The highest BCUT2D eigenvalue weighted by Gasteiger charge is 2.88. The molecule has 0 aliphatic heterocycles. The van der Waals surface area contributed by atoms with Crippen LogP contribution in [0.3, 0.4) is 0 Å². The summed E-state index contributed by atoms with van der Waals surface area (Å²) >= 11 is 10.8. The highest BCUT2D eigenvalue weighted by atomic mass is 35.5. The number of carbonyl (C=O) groups excluding carboxylic acids is 1. The Morgan fingerprint density at radius 3 is 1.62 bits per heavy atom. The zero-order valence-electron chi connectivity index (χ0n) is 10.8. The van der Waals surface area contributed by atoms with Gasteiger partial charge in [0.15, 0.2) is 0 Å². The van der Waals surface area contributed by atoms with E-state index in [9.17, 15) is 44.3 Å².